The van der Waals surface area contributed by atoms with Crippen LogP contribution in [0.1, 0.15) is 15.4 Å². The molecule has 3 aromatic rings. The Kier molecular flexibility index (Phi) is 5.83. The van der Waals surface area contributed by atoms with Crippen molar-refractivity contribution in [3.05, 3.63) is 70.8 Å². The summed E-state index contributed by atoms with van der Waals surface area (Å²) in [6.45, 7) is 0.811. The molecule has 134 valence electrons. The summed E-state index contributed by atoms with van der Waals surface area (Å²) in [6, 6.07) is 14.3. The molecule has 0 fully saturated rings. The largest absolute Gasteiger partial charge is 0.468 e. The van der Waals surface area contributed by atoms with Crippen molar-refractivity contribution < 1.29 is 14.0 Å². The van der Waals surface area contributed by atoms with E-state index in [2.05, 4.69) is 10.6 Å². The van der Waals surface area contributed by atoms with Crippen LogP contribution in [0.25, 0.3) is 0 Å². The first-order chi connectivity index (χ1) is 12.6. The van der Waals surface area contributed by atoms with Crippen LogP contribution in [0, 0.1) is 0 Å². The zero-order chi connectivity index (χ0) is 18.4. The summed E-state index contributed by atoms with van der Waals surface area (Å²) >= 11 is 1.39. The molecule has 2 amide bonds. The number of furan rings is 1. The molecule has 0 saturated heterocycles. The zero-order valence-electron chi connectivity index (χ0n) is 14.3. The van der Waals surface area contributed by atoms with E-state index in [9.17, 15) is 9.59 Å². The molecular formula is C19H19N3O3S. The molecule has 0 atom stereocenters. The number of thiophene rings is 1. The lowest BCUT2D eigenvalue weighted by Crippen LogP contribution is -2.29. The highest BCUT2D eigenvalue weighted by Crippen LogP contribution is 2.16. The minimum atomic E-state index is -0.142. The number of carbonyl (C=O) groups is 2. The molecule has 7 heteroatoms. The molecule has 0 unspecified atom stereocenters. The molecule has 6 nitrogen and oxygen atoms in total. The Bertz CT molecular complexity index is 843. The smallest absolute Gasteiger partial charge is 0.265 e. The SMILES string of the molecule is CN(CC(=O)Nc1ccc(NC(=O)c2cccs2)cc1)Cc1ccco1. The molecule has 26 heavy (non-hydrogen) atoms. The number of hydrogen-bond donors (Lipinski definition) is 2. The van der Waals surface area contributed by atoms with Crippen LogP contribution in [-0.2, 0) is 11.3 Å². The molecule has 0 bridgehead atoms. The van der Waals surface area contributed by atoms with Crippen LogP contribution in [0.2, 0.25) is 0 Å². The lowest BCUT2D eigenvalue weighted by Gasteiger charge is -2.15. The summed E-state index contributed by atoms with van der Waals surface area (Å²) in [5.41, 5.74) is 1.35. The van der Waals surface area contributed by atoms with Crippen LogP contribution in [0.15, 0.2) is 64.6 Å². The van der Waals surface area contributed by atoms with Crippen molar-refractivity contribution in [2.75, 3.05) is 24.2 Å². The summed E-state index contributed by atoms with van der Waals surface area (Å²) in [7, 11) is 1.85. The molecule has 2 aromatic heterocycles. The number of benzene rings is 1. The quantitative estimate of drug-likeness (QED) is 0.666. The number of rotatable bonds is 7. The second-order valence-electron chi connectivity index (χ2n) is 5.81. The lowest BCUT2D eigenvalue weighted by atomic mass is 10.2. The van der Waals surface area contributed by atoms with Gasteiger partial charge >= 0.3 is 0 Å². The van der Waals surface area contributed by atoms with Crippen LogP contribution >= 0.6 is 11.3 Å². The molecule has 1 aromatic carbocycles. The number of carbonyl (C=O) groups excluding carboxylic acids is 2. The maximum Gasteiger partial charge on any atom is 0.265 e. The Morgan fingerprint density at radius 1 is 1.04 bits per heavy atom. The van der Waals surface area contributed by atoms with E-state index in [-0.39, 0.29) is 18.4 Å². The molecule has 0 aliphatic rings. The maximum atomic E-state index is 12.1. The molecule has 2 heterocycles. The highest BCUT2D eigenvalue weighted by molar-refractivity contribution is 7.12. The molecule has 0 aliphatic carbocycles. The fraction of sp³-hybridized carbons (Fsp3) is 0.158. The van der Waals surface area contributed by atoms with Crippen LogP contribution in [0.4, 0.5) is 11.4 Å². The standard InChI is InChI=1S/C19H19N3O3S/c1-22(12-16-4-2-10-25-16)13-18(23)20-14-6-8-15(9-7-14)21-19(24)17-5-3-11-26-17/h2-11H,12-13H2,1H3,(H,20,23)(H,21,24). The van der Waals surface area contributed by atoms with Gasteiger partial charge in [0.15, 0.2) is 0 Å². The zero-order valence-corrected chi connectivity index (χ0v) is 15.1. The van der Waals surface area contributed by atoms with Crippen LogP contribution in [0.5, 0.6) is 0 Å². The first-order valence-corrected chi connectivity index (χ1v) is 8.94. The van der Waals surface area contributed by atoms with Crippen molar-refractivity contribution >= 4 is 34.5 Å². The van der Waals surface area contributed by atoms with E-state index < -0.39 is 0 Å². The van der Waals surface area contributed by atoms with Gasteiger partial charge in [-0.1, -0.05) is 6.07 Å². The molecule has 0 aliphatic heterocycles. The third-order valence-electron chi connectivity index (χ3n) is 3.59. The van der Waals surface area contributed by atoms with E-state index in [0.717, 1.165) is 5.76 Å². The minimum absolute atomic E-state index is 0.116. The molecule has 0 saturated carbocycles. The Morgan fingerprint density at radius 2 is 1.77 bits per heavy atom. The fourth-order valence-electron chi connectivity index (χ4n) is 2.41. The number of nitrogens with zero attached hydrogens (tertiary/aromatic N) is 1. The van der Waals surface area contributed by atoms with Gasteiger partial charge in [0.05, 0.1) is 24.2 Å². The van der Waals surface area contributed by atoms with Crippen molar-refractivity contribution in [3.63, 3.8) is 0 Å². The van der Waals surface area contributed by atoms with E-state index in [1.54, 1.807) is 36.6 Å². The van der Waals surface area contributed by atoms with E-state index in [4.69, 9.17) is 4.42 Å². The minimum Gasteiger partial charge on any atom is -0.468 e. The van der Waals surface area contributed by atoms with Gasteiger partial charge in [-0.3, -0.25) is 14.5 Å². The Hall–Kier alpha value is -2.90. The first-order valence-electron chi connectivity index (χ1n) is 8.06. The molecule has 2 N–H and O–H groups in total. The van der Waals surface area contributed by atoms with Crippen molar-refractivity contribution in [2.24, 2.45) is 0 Å². The third kappa shape index (κ3) is 5.05. The fourth-order valence-corrected chi connectivity index (χ4v) is 3.03. The topological polar surface area (TPSA) is 74.6 Å². The second kappa shape index (κ2) is 8.46. The number of hydrogen-bond acceptors (Lipinski definition) is 5. The number of amides is 2. The summed E-state index contributed by atoms with van der Waals surface area (Å²) in [5.74, 6) is 0.553. The first kappa shape index (κ1) is 17.9. The normalized spacial score (nSPS) is 10.7. The van der Waals surface area contributed by atoms with Crippen molar-refractivity contribution in [2.45, 2.75) is 6.54 Å². The van der Waals surface area contributed by atoms with Gasteiger partial charge in [0.2, 0.25) is 5.91 Å². The molecular weight excluding hydrogens is 350 g/mol. The Balaban J connectivity index is 1.49. The predicted molar refractivity (Wildman–Crippen MR) is 102 cm³/mol. The summed E-state index contributed by atoms with van der Waals surface area (Å²) in [5, 5.41) is 7.52. The Morgan fingerprint density at radius 3 is 2.38 bits per heavy atom. The van der Waals surface area contributed by atoms with Gasteiger partial charge < -0.3 is 15.1 Å². The second-order valence-corrected chi connectivity index (χ2v) is 6.76. The molecule has 3 rings (SSSR count). The van der Waals surface area contributed by atoms with Gasteiger partial charge in [-0.2, -0.15) is 0 Å². The van der Waals surface area contributed by atoms with Crippen LogP contribution in [-0.4, -0.2) is 30.3 Å². The van der Waals surface area contributed by atoms with Gasteiger partial charge in [0.25, 0.3) is 5.91 Å². The Labute approximate surface area is 155 Å². The molecule has 0 spiro atoms. The number of likely N-dealkylation sites (N-methyl/N-ethyl adjacent to an activating group) is 1. The average molecular weight is 369 g/mol. The van der Waals surface area contributed by atoms with E-state index >= 15 is 0 Å². The van der Waals surface area contributed by atoms with Crippen molar-refractivity contribution in [3.8, 4) is 0 Å². The summed E-state index contributed by atoms with van der Waals surface area (Å²) in [6.07, 6.45) is 1.61. The monoisotopic (exact) mass is 369 g/mol. The van der Waals surface area contributed by atoms with E-state index in [0.29, 0.717) is 22.8 Å². The van der Waals surface area contributed by atoms with Gasteiger partial charge in [-0.15, -0.1) is 11.3 Å². The lowest BCUT2D eigenvalue weighted by molar-refractivity contribution is -0.117. The van der Waals surface area contributed by atoms with Gasteiger partial charge in [-0.05, 0) is 54.9 Å². The summed E-state index contributed by atoms with van der Waals surface area (Å²) in [4.78, 5) is 26.6. The molecule has 0 radical (unpaired) electrons. The maximum absolute atomic E-state index is 12.1. The van der Waals surface area contributed by atoms with E-state index in [1.807, 2.05) is 35.5 Å². The van der Waals surface area contributed by atoms with E-state index in [1.165, 1.54) is 11.3 Å². The van der Waals surface area contributed by atoms with Gasteiger partial charge in [0.1, 0.15) is 5.76 Å². The van der Waals surface area contributed by atoms with Crippen molar-refractivity contribution in [1.29, 1.82) is 0 Å². The van der Waals surface area contributed by atoms with Gasteiger partial charge in [0, 0.05) is 11.4 Å². The highest BCUT2D eigenvalue weighted by Gasteiger charge is 2.10. The van der Waals surface area contributed by atoms with Crippen molar-refractivity contribution in [1.82, 2.24) is 4.90 Å². The van der Waals surface area contributed by atoms with Gasteiger partial charge in [-0.25, -0.2) is 0 Å². The number of nitrogens with one attached hydrogen (secondary N) is 2. The van der Waals surface area contributed by atoms with Crippen LogP contribution in [0.3, 0.4) is 0 Å². The third-order valence-corrected chi connectivity index (χ3v) is 4.46. The summed E-state index contributed by atoms with van der Waals surface area (Å²) < 4.78 is 5.27. The average Bonchev–Trinajstić information content (AvgIpc) is 3.29. The highest BCUT2D eigenvalue weighted by atomic mass is 32.1. The predicted octanol–water partition coefficient (Wildman–Crippen LogP) is 3.66. The number of anilines is 2. The van der Waals surface area contributed by atoms with Crippen LogP contribution < -0.4 is 10.6 Å².